The zero-order valence-corrected chi connectivity index (χ0v) is 16.5. The molecular formula is C20H13ClN2O5S. The topological polar surface area (TPSA) is 88.9 Å². The van der Waals surface area contributed by atoms with Gasteiger partial charge in [0.25, 0.3) is 11.1 Å². The van der Waals surface area contributed by atoms with Crippen molar-refractivity contribution >= 4 is 40.6 Å². The van der Waals surface area contributed by atoms with E-state index in [4.69, 9.17) is 31.1 Å². The molecule has 2 amide bonds. The Balaban J connectivity index is 1.50. The van der Waals surface area contributed by atoms with Crippen molar-refractivity contribution in [2.24, 2.45) is 0 Å². The van der Waals surface area contributed by atoms with Crippen LogP contribution in [0.15, 0.2) is 41.3 Å². The van der Waals surface area contributed by atoms with Gasteiger partial charge in [-0.1, -0.05) is 23.7 Å². The Bertz CT molecular complexity index is 1060. The first-order valence-corrected chi connectivity index (χ1v) is 9.68. The number of nitriles is 1. The normalized spacial score (nSPS) is 16.4. The van der Waals surface area contributed by atoms with Crippen LogP contribution in [0.1, 0.15) is 11.1 Å². The molecule has 0 N–H and O–H groups in total. The Morgan fingerprint density at radius 3 is 2.66 bits per heavy atom. The van der Waals surface area contributed by atoms with E-state index in [9.17, 15) is 9.59 Å². The number of carbonyl (C=O) groups is 2. The van der Waals surface area contributed by atoms with Gasteiger partial charge in [-0.15, -0.1) is 0 Å². The highest BCUT2D eigenvalue weighted by atomic mass is 35.5. The summed E-state index contributed by atoms with van der Waals surface area (Å²) in [6.45, 7) is 0.110. The van der Waals surface area contributed by atoms with Crippen LogP contribution in [0.4, 0.5) is 4.79 Å². The number of halogens is 1. The molecule has 0 spiro atoms. The zero-order chi connectivity index (χ0) is 20.4. The number of nitrogens with zero attached hydrogens (tertiary/aromatic N) is 2. The summed E-state index contributed by atoms with van der Waals surface area (Å²) in [7, 11) is 0. The van der Waals surface area contributed by atoms with Crippen LogP contribution < -0.4 is 14.2 Å². The maximum atomic E-state index is 12.7. The van der Waals surface area contributed by atoms with Gasteiger partial charge in [0.1, 0.15) is 11.8 Å². The van der Waals surface area contributed by atoms with E-state index in [-0.39, 0.29) is 25.2 Å². The van der Waals surface area contributed by atoms with Crippen molar-refractivity contribution in [1.29, 1.82) is 5.26 Å². The van der Waals surface area contributed by atoms with E-state index in [1.165, 1.54) is 0 Å². The number of rotatable bonds is 5. The van der Waals surface area contributed by atoms with Crippen LogP contribution in [-0.2, 0) is 11.3 Å². The number of carbonyl (C=O) groups excluding carboxylic acids is 2. The third kappa shape index (κ3) is 4.01. The second-order valence-electron chi connectivity index (χ2n) is 6.08. The number of hydrogen-bond acceptors (Lipinski definition) is 7. The van der Waals surface area contributed by atoms with Crippen LogP contribution in [0.5, 0.6) is 17.2 Å². The van der Waals surface area contributed by atoms with E-state index < -0.39 is 5.91 Å². The maximum Gasteiger partial charge on any atom is 0.293 e. The average molecular weight is 429 g/mol. The number of amides is 2. The lowest BCUT2D eigenvalue weighted by Crippen LogP contribution is -2.27. The smallest absolute Gasteiger partial charge is 0.293 e. The highest BCUT2D eigenvalue weighted by molar-refractivity contribution is 8.18. The van der Waals surface area contributed by atoms with E-state index in [1.807, 2.05) is 6.07 Å². The lowest BCUT2D eigenvalue weighted by atomic mass is 10.1. The molecule has 0 aliphatic carbocycles. The molecule has 146 valence electrons. The third-order valence-electron chi connectivity index (χ3n) is 4.22. The van der Waals surface area contributed by atoms with Crippen LogP contribution >= 0.6 is 23.4 Å². The Morgan fingerprint density at radius 1 is 1.21 bits per heavy atom. The Hall–Kier alpha value is -3.15. The highest BCUT2D eigenvalue weighted by Crippen LogP contribution is 2.39. The number of hydrogen-bond donors (Lipinski definition) is 0. The van der Waals surface area contributed by atoms with Crippen LogP contribution in [-0.4, -0.2) is 29.4 Å². The van der Waals surface area contributed by atoms with Gasteiger partial charge < -0.3 is 14.2 Å². The summed E-state index contributed by atoms with van der Waals surface area (Å²) in [5, 5.41) is 8.56. The molecule has 2 aromatic carbocycles. The van der Waals surface area contributed by atoms with Crippen molar-refractivity contribution in [3.05, 3.63) is 57.5 Å². The number of benzene rings is 2. The molecule has 9 heteroatoms. The minimum atomic E-state index is -0.390. The molecule has 2 aliphatic heterocycles. The van der Waals surface area contributed by atoms with Crippen LogP contribution in [0.2, 0.25) is 5.02 Å². The minimum Gasteiger partial charge on any atom is -0.479 e. The van der Waals surface area contributed by atoms with Crippen molar-refractivity contribution in [3.8, 4) is 23.3 Å². The summed E-state index contributed by atoms with van der Waals surface area (Å²) in [4.78, 5) is 26.6. The molecule has 2 aromatic rings. The Kier molecular flexibility index (Phi) is 5.34. The van der Waals surface area contributed by atoms with Crippen molar-refractivity contribution < 1.29 is 23.8 Å². The summed E-state index contributed by atoms with van der Waals surface area (Å²) in [6.07, 6.45) is 1.64. The molecular weight excluding hydrogens is 416 g/mol. The molecule has 0 saturated carbocycles. The summed E-state index contributed by atoms with van der Waals surface area (Å²) in [5.74, 6) is 1.23. The molecule has 1 saturated heterocycles. The summed E-state index contributed by atoms with van der Waals surface area (Å²) >= 11 is 7.13. The SMILES string of the molecule is N#CCOc1ccc(/C=C2\SC(=O)N(Cc3cc4c(cc3Cl)OCO4)C2=O)cc1. The van der Waals surface area contributed by atoms with E-state index in [1.54, 1.807) is 42.5 Å². The number of ether oxygens (including phenoxy) is 3. The van der Waals surface area contributed by atoms with Crippen molar-refractivity contribution in [2.45, 2.75) is 6.54 Å². The largest absolute Gasteiger partial charge is 0.479 e. The monoisotopic (exact) mass is 428 g/mol. The number of fused-ring (bicyclic) bond motifs is 1. The standard InChI is InChI=1S/C20H13ClN2O5S/c21-15-9-17-16(27-11-28-17)8-13(15)10-23-19(24)18(29-20(23)25)7-12-1-3-14(4-2-12)26-6-5-22/h1-4,7-9H,6,10-11H2/b18-7-. The van der Waals surface area contributed by atoms with Crippen LogP contribution in [0.3, 0.4) is 0 Å². The summed E-state index contributed by atoms with van der Waals surface area (Å²) < 4.78 is 15.8. The van der Waals surface area contributed by atoms with Gasteiger partial charge in [0, 0.05) is 11.1 Å². The van der Waals surface area contributed by atoms with E-state index in [2.05, 4.69) is 0 Å². The fraction of sp³-hybridized carbons (Fsp3) is 0.150. The lowest BCUT2D eigenvalue weighted by molar-refractivity contribution is -0.123. The van der Waals surface area contributed by atoms with E-state index >= 15 is 0 Å². The average Bonchev–Trinajstić information content (AvgIpc) is 3.26. The quantitative estimate of drug-likeness (QED) is 0.659. The van der Waals surface area contributed by atoms with Gasteiger partial charge in [0.15, 0.2) is 18.1 Å². The van der Waals surface area contributed by atoms with Crippen LogP contribution in [0, 0.1) is 11.3 Å². The lowest BCUT2D eigenvalue weighted by Gasteiger charge is -2.14. The summed E-state index contributed by atoms with van der Waals surface area (Å²) in [6, 6.07) is 12.1. The number of thioether (sulfide) groups is 1. The fourth-order valence-electron chi connectivity index (χ4n) is 2.81. The second-order valence-corrected chi connectivity index (χ2v) is 7.48. The van der Waals surface area contributed by atoms with Gasteiger partial charge >= 0.3 is 0 Å². The molecule has 7 nitrogen and oxygen atoms in total. The van der Waals surface area contributed by atoms with Gasteiger partial charge in [0.2, 0.25) is 6.79 Å². The van der Waals surface area contributed by atoms with Gasteiger partial charge in [-0.3, -0.25) is 14.5 Å². The predicted octanol–water partition coefficient (Wildman–Crippen LogP) is 4.21. The zero-order valence-electron chi connectivity index (χ0n) is 14.9. The molecule has 29 heavy (non-hydrogen) atoms. The minimum absolute atomic E-state index is 0.0401. The van der Waals surface area contributed by atoms with Gasteiger partial charge in [0.05, 0.1) is 11.4 Å². The summed E-state index contributed by atoms with van der Waals surface area (Å²) in [5.41, 5.74) is 1.33. The molecule has 0 aromatic heterocycles. The first-order valence-electron chi connectivity index (χ1n) is 8.48. The van der Waals surface area contributed by atoms with Crippen molar-refractivity contribution in [1.82, 2.24) is 4.90 Å². The maximum absolute atomic E-state index is 12.7. The van der Waals surface area contributed by atoms with Crippen molar-refractivity contribution in [2.75, 3.05) is 13.4 Å². The van der Waals surface area contributed by atoms with E-state index in [0.29, 0.717) is 32.7 Å². The van der Waals surface area contributed by atoms with Gasteiger partial charge in [-0.2, -0.15) is 5.26 Å². The fourth-order valence-corrected chi connectivity index (χ4v) is 3.87. The molecule has 0 unspecified atom stereocenters. The van der Waals surface area contributed by atoms with Gasteiger partial charge in [-0.05, 0) is 47.2 Å². The molecule has 0 radical (unpaired) electrons. The van der Waals surface area contributed by atoms with Crippen LogP contribution in [0.25, 0.3) is 6.08 Å². The Morgan fingerprint density at radius 2 is 1.93 bits per heavy atom. The molecule has 0 bridgehead atoms. The molecule has 2 heterocycles. The van der Waals surface area contributed by atoms with E-state index in [0.717, 1.165) is 22.2 Å². The Labute approximate surface area is 175 Å². The first kappa shape index (κ1) is 19.2. The third-order valence-corrected chi connectivity index (χ3v) is 5.48. The second kappa shape index (κ2) is 8.07. The predicted molar refractivity (Wildman–Crippen MR) is 107 cm³/mol. The number of imide groups is 1. The molecule has 1 fully saturated rings. The highest BCUT2D eigenvalue weighted by Gasteiger charge is 2.35. The van der Waals surface area contributed by atoms with Crippen molar-refractivity contribution in [3.63, 3.8) is 0 Å². The van der Waals surface area contributed by atoms with Gasteiger partial charge in [-0.25, -0.2) is 0 Å². The molecule has 2 aliphatic rings. The molecule has 4 rings (SSSR count). The first-order chi connectivity index (χ1) is 14.0. The molecule has 0 atom stereocenters.